The molecule has 0 aromatic rings. The van der Waals surface area contributed by atoms with Crippen LogP contribution in [0.15, 0.2) is 0 Å². The molecule has 2 N–H and O–H groups in total. The maximum atomic E-state index is 12.9. The minimum atomic E-state index is -2.28. The van der Waals surface area contributed by atoms with Crippen molar-refractivity contribution >= 4 is 7.85 Å². The van der Waals surface area contributed by atoms with Crippen LogP contribution in [0.2, 0.25) is 0 Å². The van der Waals surface area contributed by atoms with Crippen molar-refractivity contribution in [3.63, 3.8) is 0 Å². The molecule has 0 amide bonds. The molecule has 2 aliphatic rings. The first-order valence-corrected chi connectivity index (χ1v) is 6.46. The van der Waals surface area contributed by atoms with Crippen molar-refractivity contribution in [2.75, 3.05) is 39.8 Å². The summed E-state index contributed by atoms with van der Waals surface area (Å²) in [6.45, 7) is 2.90. The Morgan fingerprint density at radius 2 is 1.89 bits per heavy atom. The summed E-state index contributed by atoms with van der Waals surface area (Å²) in [6.07, 6.45) is 1.46. The van der Waals surface area contributed by atoms with Crippen LogP contribution in [0, 0.1) is 5.92 Å². The number of rotatable bonds is 4. The highest BCUT2D eigenvalue weighted by atomic mass is 19.2. The highest BCUT2D eigenvalue weighted by molar-refractivity contribution is 6.12. The molecule has 0 aromatic carbocycles. The predicted octanol–water partition coefficient (Wildman–Crippen LogP) is -1.04. The van der Waals surface area contributed by atoms with E-state index >= 15 is 0 Å². The quantitative estimate of drug-likeness (QED) is 0.383. The van der Waals surface area contributed by atoms with Gasteiger partial charge in [0.25, 0.3) is 0 Å². The van der Waals surface area contributed by atoms with Gasteiger partial charge in [0.15, 0.2) is 13.7 Å². The summed E-state index contributed by atoms with van der Waals surface area (Å²) in [6, 6.07) is 0.0680. The van der Waals surface area contributed by atoms with Gasteiger partial charge in [-0.05, 0) is 25.8 Å². The molecule has 2 heterocycles. The Balaban J connectivity index is 1.89. The third kappa shape index (κ3) is 3.42. The summed E-state index contributed by atoms with van der Waals surface area (Å²) in [4.78, 5) is 3.62. The molecular formula is C11H21BFN3O2. The number of nitrogens with zero attached hydrogens (tertiary/aromatic N) is 3. The van der Waals surface area contributed by atoms with E-state index in [0.717, 1.165) is 31.1 Å². The van der Waals surface area contributed by atoms with Crippen LogP contribution in [0.3, 0.4) is 0 Å². The van der Waals surface area contributed by atoms with Crippen molar-refractivity contribution in [2.24, 2.45) is 5.92 Å². The van der Waals surface area contributed by atoms with Crippen molar-refractivity contribution in [1.29, 1.82) is 0 Å². The highest BCUT2D eigenvalue weighted by Gasteiger charge is 2.39. The Morgan fingerprint density at radius 1 is 1.33 bits per heavy atom. The summed E-state index contributed by atoms with van der Waals surface area (Å²) in [7, 11) is 7.39. The van der Waals surface area contributed by atoms with Crippen molar-refractivity contribution in [3.8, 4) is 0 Å². The molecule has 18 heavy (non-hydrogen) atoms. The van der Waals surface area contributed by atoms with Gasteiger partial charge in [0.1, 0.15) is 0 Å². The van der Waals surface area contributed by atoms with Crippen LogP contribution < -0.4 is 0 Å². The Hall–Kier alpha value is -0.205. The first-order chi connectivity index (χ1) is 8.36. The van der Waals surface area contributed by atoms with Gasteiger partial charge >= 0.3 is 0 Å². The Kier molecular flexibility index (Phi) is 4.28. The zero-order chi connectivity index (χ0) is 13.3. The van der Waals surface area contributed by atoms with Gasteiger partial charge in [-0.15, -0.1) is 9.60 Å². The third-order valence-corrected chi connectivity index (χ3v) is 3.92. The second kappa shape index (κ2) is 5.42. The molecule has 0 bridgehead atoms. The molecule has 0 aromatic heterocycles. The van der Waals surface area contributed by atoms with E-state index in [1.165, 1.54) is 4.90 Å². The van der Waals surface area contributed by atoms with Crippen molar-refractivity contribution < 1.29 is 14.7 Å². The summed E-state index contributed by atoms with van der Waals surface area (Å²) in [5.41, 5.74) is 0. The second-order valence-electron chi connectivity index (χ2n) is 5.57. The average molecular weight is 257 g/mol. The second-order valence-corrected chi connectivity index (χ2v) is 5.57. The zero-order valence-corrected chi connectivity index (χ0v) is 10.8. The lowest BCUT2D eigenvalue weighted by atomic mass is 9.91. The van der Waals surface area contributed by atoms with Crippen LogP contribution in [0.25, 0.3) is 0 Å². The van der Waals surface area contributed by atoms with Crippen LogP contribution in [0.5, 0.6) is 0 Å². The fourth-order valence-corrected chi connectivity index (χ4v) is 2.78. The number of likely N-dealkylation sites (N-methyl/N-ethyl adjacent to an activating group) is 1. The van der Waals surface area contributed by atoms with E-state index in [-0.39, 0.29) is 12.0 Å². The van der Waals surface area contributed by atoms with Gasteiger partial charge in [0.05, 0.1) is 0 Å². The molecule has 0 aliphatic carbocycles. The maximum absolute atomic E-state index is 12.9. The van der Waals surface area contributed by atoms with Crippen molar-refractivity contribution in [1.82, 2.24) is 14.9 Å². The first-order valence-electron chi connectivity index (χ1n) is 6.46. The highest BCUT2D eigenvalue weighted by Crippen LogP contribution is 2.24. The summed E-state index contributed by atoms with van der Waals surface area (Å²) >= 11 is 0. The van der Waals surface area contributed by atoms with Gasteiger partial charge in [0, 0.05) is 38.8 Å². The van der Waals surface area contributed by atoms with Crippen molar-refractivity contribution in [2.45, 2.75) is 24.7 Å². The van der Waals surface area contributed by atoms with Crippen molar-refractivity contribution in [3.05, 3.63) is 0 Å². The lowest BCUT2D eigenvalue weighted by Gasteiger charge is -2.49. The van der Waals surface area contributed by atoms with Gasteiger partial charge in [-0.1, -0.05) is 0 Å². The summed E-state index contributed by atoms with van der Waals surface area (Å²) < 4.78 is 12.9. The minimum Gasteiger partial charge on any atom is -0.362 e. The molecule has 2 radical (unpaired) electrons. The van der Waals surface area contributed by atoms with Crippen LogP contribution in [0.1, 0.15) is 12.8 Å². The first kappa shape index (κ1) is 14.2. The number of aliphatic hydroxyl groups is 2. The van der Waals surface area contributed by atoms with Crippen LogP contribution in [0.4, 0.5) is 4.48 Å². The predicted molar refractivity (Wildman–Crippen MR) is 66.3 cm³/mol. The fourth-order valence-electron chi connectivity index (χ4n) is 2.78. The van der Waals surface area contributed by atoms with Gasteiger partial charge in [-0.3, -0.25) is 4.90 Å². The molecule has 2 fully saturated rings. The summed E-state index contributed by atoms with van der Waals surface area (Å²) in [5, 5.41) is 20.1. The maximum Gasteiger partial charge on any atom is 0.178 e. The van der Waals surface area contributed by atoms with Crippen LogP contribution >= 0.6 is 0 Å². The number of hydrogen-bond acceptors (Lipinski definition) is 5. The lowest BCUT2D eigenvalue weighted by Crippen LogP contribution is -2.66. The molecule has 2 aliphatic heterocycles. The molecular weight excluding hydrogens is 236 g/mol. The Labute approximate surface area is 108 Å². The Morgan fingerprint density at radius 3 is 2.33 bits per heavy atom. The molecule has 0 atom stereocenters. The number of hydrogen-bond donors (Lipinski definition) is 2. The van der Waals surface area contributed by atoms with Gasteiger partial charge in [-0.25, -0.2) is 0 Å². The standard InChI is InChI=1S/C11H21BFN3O2/c1-14-7-10(8-14)16(11(12,17)18)6-9-2-4-15(13)5-3-9/h9-10,17-18H,2-8H2,1H3. The minimum absolute atomic E-state index is 0.0680. The molecule has 7 heteroatoms. The van der Waals surface area contributed by atoms with Gasteiger partial charge in [-0.2, -0.15) is 0 Å². The van der Waals surface area contributed by atoms with E-state index in [0.29, 0.717) is 19.6 Å². The van der Waals surface area contributed by atoms with Crippen LogP contribution in [-0.2, 0) is 0 Å². The molecule has 2 rings (SSSR count). The number of likely N-dealkylation sites (tertiary alicyclic amines) is 1. The van der Waals surface area contributed by atoms with E-state index < -0.39 is 5.81 Å². The molecule has 5 nitrogen and oxygen atoms in total. The van der Waals surface area contributed by atoms with Gasteiger partial charge < -0.3 is 15.1 Å². The summed E-state index contributed by atoms with van der Waals surface area (Å²) in [5.74, 6) is -2.01. The number of piperidine rings is 1. The fraction of sp³-hybridized carbons (Fsp3) is 1.00. The normalized spacial score (nSPS) is 25.6. The Bertz CT molecular complexity index is 276. The van der Waals surface area contributed by atoms with Crippen LogP contribution in [-0.4, -0.2) is 84.6 Å². The third-order valence-electron chi connectivity index (χ3n) is 3.92. The average Bonchev–Trinajstić information content (AvgIpc) is 2.23. The largest absolute Gasteiger partial charge is 0.362 e. The molecule has 2 saturated heterocycles. The SMILES string of the molecule is [B]C(O)(O)N(CC1CCN(F)CC1)C1CN(C)C1. The smallest absolute Gasteiger partial charge is 0.178 e. The van der Waals surface area contributed by atoms with E-state index in [1.54, 1.807) is 0 Å². The van der Waals surface area contributed by atoms with E-state index in [4.69, 9.17) is 7.85 Å². The zero-order valence-electron chi connectivity index (χ0n) is 10.8. The topological polar surface area (TPSA) is 50.2 Å². The molecule has 0 spiro atoms. The van der Waals surface area contributed by atoms with E-state index in [9.17, 15) is 14.7 Å². The molecule has 102 valence electrons. The molecule has 0 saturated carbocycles. The number of halogens is 1. The van der Waals surface area contributed by atoms with E-state index in [1.807, 2.05) is 7.05 Å². The monoisotopic (exact) mass is 257 g/mol. The molecule has 0 unspecified atom stereocenters. The van der Waals surface area contributed by atoms with Gasteiger partial charge in [0.2, 0.25) is 0 Å². The lowest BCUT2D eigenvalue weighted by molar-refractivity contribution is -0.229. The van der Waals surface area contributed by atoms with E-state index in [2.05, 4.69) is 4.90 Å².